The molecule has 0 heterocycles. The van der Waals surface area contributed by atoms with E-state index >= 15 is 0 Å². The monoisotopic (exact) mass is 353 g/mol. The number of nitriles is 1. The minimum absolute atomic E-state index is 0.0866. The van der Waals surface area contributed by atoms with E-state index < -0.39 is 11.2 Å². The van der Waals surface area contributed by atoms with Gasteiger partial charge >= 0.3 is 0 Å². The fourth-order valence-electron chi connectivity index (χ4n) is 2.52. The van der Waals surface area contributed by atoms with Crippen LogP contribution in [0, 0.1) is 28.4 Å². The molecule has 8 nitrogen and oxygen atoms in total. The van der Waals surface area contributed by atoms with Gasteiger partial charge in [-0.25, -0.2) is 0 Å². The minimum atomic E-state index is -0.606. The Morgan fingerprint density at radius 1 is 1.27 bits per heavy atom. The van der Waals surface area contributed by atoms with Gasteiger partial charge in [0.25, 0.3) is 5.69 Å². The van der Waals surface area contributed by atoms with Gasteiger partial charge in [0.05, 0.1) is 16.2 Å². The summed E-state index contributed by atoms with van der Waals surface area (Å²) in [6.45, 7) is 6.18. The zero-order valence-electron chi connectivity index (χ0n) is 14.7. The standard InChI is InChI=1S/C18H19N5O3/c1-4-22(13(3)24)15-5-7-17(12(2)9-15)20-21-18-8-6-16(23(25)26)10-14(18)11-19/h5-10,13,24H,4H2,1-3H3/b21-20+. The lowest BCUT2D eigenvalue weighted by Gasteiger charge is -2.26. The van der Waals surface area contributed by atoms with Gasteiger partial charge in [0, 0.05) is 24.4 Å². The summed E-state index contributed by atoms with van der Waals surface area (Å²) in [7, 11) is 0. The van der Waals surface area contributed by atoms with E-state index in [0.29, 0.717) is 12.2 Å². The number of anilines is 1. The number of azo groups is 1. The molecule has 1 atom stereocenters. The lowest BCUT2D eigenvalue weighted by molar-refractivity contribution is -0.384. The van der Waals surface area contributed by atoms with Gasteiger partial charge in [-0.1, -0.05) is 0 Å². The molecule has 134 valence electrons. The zero-order valence-corrected chi connectivity index (χ0v) is 14.7. The molecule has 0 bridgehead atoms. The summed E-state index contributed by atoms with van der Waals surface area (Å²) in [5.74, 6) is 0. The Bertz CT molecular complexity index is 887. The third-order valence-corrected chi connectivity index (χ3v) is 3.88. The highest BCUT2D eigenvalue weighted by atomic mass is 16.6. The number of rotatable bonds is 6. The summed E-state index contributed by atoms with van der Waals surface area (Å²) in [5.41, 5.74) is 2.51. The van der Waals surface area contributed by atoms with Crippen molar-refractivity contribution in [3.05, 3.63) is 57.6 Å². The molecule has 0 saturated heterocycles. The Morgan fingerprint density at radius 2 is 1.92 bits per heavy atom. The summed E-state index contributed by atoms with van der Waals surface area (Å²) in [6.07, 6.45) is -0.606. The van der Waals surface area contributed by atoms with Crippen molar-refractivity contribution >= 4 is 22.7 Å². The largest absolute Gasteiger partial charge is 0.374 e. The van der Waals surface area contributed by atoms with Crippen molar-refractivity contribution in [2.75, 3.05) is 11.4 Å². The van der Waals surface area contributed by atoms with Crippen LogP contribution in [-0.4, -0.2) is 22.8 Å². The molecule has 2 aromatic carbocycles. The molecule has 2 aromatic rings. The second-order valence-corrected chi connectivity index (χ2v) is 5.66. The number of nitro benzene ring substituents is 1. The fraction of sp³-hybridized carbons (Fsp3) is 0.278. The van der Waals surface area contributed by atoms with Crippen LogP contribution in [0.2, 0.25) is 0 Å². The van der Waals surface area contributed by atoms with Crippen LogP contribution in [0.1, 0.15) is 25.0 Å². The molecule has 8 heteroatoms. The van der Waals surface area contributed by atoms with Crippen molar-refractivity contribution in [2.45, 2.75) is 27.0 Å². The molecule has 0 radical (unpaired) electrons. The van der Waals surface area contributed by atoms with Gasteiger partial charge in [0.2, 0.25) is 0 Å². The van der Waals surface area contributed by atoms with E-state index in [1.54, 1.807) is 13.0 Å². The van der Waals surface area contributed by atoms with Gasteiger partial charge in [-0.05, 0) is 50.6 Å². The van der Waals surface area contributed by atoms with Crippen molar-refractivity contribution in [3.8, 4) is 6.07 Å². The Hall–Kier alpha value is -3.31. The quantitative estimate of drug-likeness (QED) is 0.358. The van der Waals surface area contributed by atoms with Gasteiger partial charge in [-0.15, -0.1) is 5.11 Å². The molecular formula is C18H19N5O3. The van der Waals surface area contributed by atoms with Gasteiger partial charge in [0.15, 0.2) is 0 Å². The first-order valence-corrected chi connectivity index (χ1v) is 8.03. The highest BCUT2D eigenvalue weighted by molar-refractivity contribution is 5.60. The summed E-state index contributed by atoms with van der Waals surface area (Å²) in [4.78, 5) is 12.1. The lowest BCUT2D eigenvalue weighted by atomic mass is 10.1. The van der Waals surface area contributed by atoms with Gasteiger partial charge in [-0.3, -0.25) is 10.1 Å². The number of hydrogen-bond acceptors (Lipinski definition) is 7. The number of hydrogen-bond donors (Lipinski definition) is 1. The number of aryl methyl sites for hydroxylation is 1. The second kappa shape index (κ2) is 8.18. The zero-order chi connectivity index (χ0) is 19.3. The van der Waals surface area contributed by atoms with Gasteiger partial charge in [0.1, 0.15) is 18.0 Å². The molecule has 0 aliphatic rings. The smallest absolute Gasteiger partial charge is 0.270 e. The SMILES string of the molecule is CCN(c1ccc(/N=N/c2ccc([N+](=O)[O-])cc2C#N)c(C)c1)C(C)O. The van der Waals surface area contributed by atoms with Crippen LogP contribution in [0.3, 0.4) is 0 Å². The van der Waals surface area contributed by atoms with Crippen LogP contribution >= 0.6 is 0 Å². The number of nitrogens with zero attached hydrogens (tertiary/aromatic N) is 5. The highest BCUT2D eigenvalue weighted by Gasteiger charge is 2.12. The number of nitro groups is 1. The molecule has 1 N–H and O–H groups in total. The number of aliphatic hydroxyl groups is 1. The molecule has 26 heavy (non-hydrogen) atoms. The minimum Gasteiger partial charge on any atom is -0.374 e. The summed E-state index contributed by atoms with van der Waals surface area (Å²) in [5, 5.41) is 37.9. The molecule has 0 amide bonds. The van der Waals surface area contributed by atoms with E-state index in [1.807, 2.05) is 36.9 Å². The third-order valence-electron chi connectivity index (χ3n) is 3.88. The predicted octanol–water partition coefficient (Wildman–Crippen LogP) is 4.35. The molecule has 0 fully saturated rings. The topological polar surface area (TPSA) is 115 Å². The van der Waals surface area contributed by atoms with Gasteiger partial charge in [-0.2, -0.15) is 10.4 Å². The average Bonchev–Trinajstić information content (AvgIpc) is 2.61. The maximum atomic E-state index is 10.8. The first kappa shape index (κ1) is 19.0. The maximum Gasteiger partial charge on any atom is 0.270 e. The molecule has 1 unspecified atom stereocenters. The lowest BCUT2D eigenvalue weighted by Crippen LogP contribution is -2.32. The molecule has 0 saturated carbocycles. The summed E-state index contributed by atoms with van der Waals surface area (Å²) in [6, 6.07) is 11.3. The van der Waals surface area contributed by atoms with E-state index in [0.717, 1.165) is 11.3 Å². The maximum absolute atomic E-state index is 10.8. The average molecular weight is 353 g/mol. The van der Waals surface area contributed by atoms with Crippen LogP contribution in [0.15, 0.2) is 46.6 Å². The van der Waals surface area contributed by atoms with E-state index in [2.05, 4.69) is 10.2 Å². The number of aliphatic hydroxyl groups excluding tert-OH is 1. The third kappa shape index (κ3) is 4.20. The highest BCUT2D eigenvalue weighted by Crippen LogP contribution is 2.29. The molecule has 0 aliphatic heterocycles. The number of benzene rings is 2. The fourth-order valence-corrected chi connectivity index (χ4v) is 2.52. The van der Waals surface area contributed by atoms with E-state index in [9.17, 15) is 15.2 Å². The van der Waals surface area contributed by atoms with Crippen LogP contribution in [0.25, 0.3) is 0 Å². The van der Waals surface area contributed by atoms with Crippen molar-refractivity contribution in [2.24, 2.45) is 10.2 Å². The predicted molar refractivity (Wildman–Crippen MR) is 97.9 cm³/mol. The molecule has 2 rings (SSSR count). The Balaban J connectivity index is 2.31. The Kier molecular flexibility index (Phi) is 5.98. The first-order chi connectivity index (χ1) is 12.4. The van der Waals surface area contributed by atoms with E-state index in [-0.39, 0.29) is 16.9 Å². The molecule has 0 aliphatic carbocycles. The van der Waals surface area contributed by atoms with Crippen molar-refractivity contribution in [3.63, 3.8) is 0 Å². The van der Waals surface area contributed by atoms with E-state index in [4.69, 9.17) is 5.26 Å². The Labute approximate surface area is 151 Å². The van der Waals surface area contributed by atoms with Crippen LogP contribution in [0.5, 0.6) is 0 Å². The van der Waals surface area contributed by atoms with Crippen LogP contribution in [-0.2, 0) is 0 Å². The summed E-state index contributed by atoms with van der Waals surface area (Å²) < 4.78 is 0. The molecular weight excluding hydrogens is 334 g/mol. The van der Waals surface area contributed by atoms with Crippen molar-refractivity contribution < 1.29 is 10.0 Å². The van der Waals surface area contributed by atoms with E-state index in [1.165, 1.54) is 18.2 Å². The van der Waals surface area contributed by atoms with Crippen molar-refractivity contribution in [1.29, 1.82) is 5.26 Å². The van der Waals surface area contributed by atoms with Crippen molar-refractivity contribution in [1.82, 2.24) is 0 Å². The van der Waals surface area contributed by atoms with Crippen LogP contribution < -0.4 is 4.90 Å². The number of non-ortho nitro benzene ring substituents is 1. The molecule has 0 aromatic heterocycles. The van der Waals surface area contributed by atoms with Gasteiger partial charge < -0.3 is 10.0 Å². The molecule has 0 spiro atoms. The summed E-state index contributed by atoms with van der Waals surface area (Å²) >= 11 is 0. The van der Waals surface area contributed by atoms with Crippen LogP contribution in [0.4, 0.5) is 22.7 Å². The Morgan fingerprint density at radius 3 is 2.46 bits per heavy atom. The second-order valence-electron chi connectivity index (χ2n) is 5.66. The normalized spacial score (nSPS) is 12.0. The first-order valence-electron chi connectivity index (χ1n) is 8.03.